The molecule has 0 radical (unpaired) electrons. The topological polar surface area (TPSA) is 181 Å². The van der Waals surface area contributed by atoms with Gasteiger partial charge >= 0.3 is 0 Å². The van der Waals surface area contributed by atoms with E-state index < -0.39 is 61.0 Å². The zero-order valence-corrected chi connectivity index (χ0v) is 25.7. The average Bonchev–Trinajstić information content (AvgIpc) is 3.04. The lowest BCUT2D eigenvalue weighted by Crippen LogP contribution is -2.68. The molecule has 1 saturated heterocycles. The molecule has 0 spiro atoms. The summed E-state index contributed by atoms with van der Waals surface area (Å²) < 4.78 is 24.6. The highest BCUT2D eigenvalue weighted by Crippen LogP contribution is 2.30. The second-order valence-corrected chi connectivity index (χ2v) is 11.9. The van der Waals surface area contributed by atoms with Crippen molar-refractivity contribution in [1.29, 1.82) is 0 Å². The van der Waals surface area contributed by atoms with Crippen LogP contribution in [0.3, 0.4) is 0 Å². The molecule has 0 aromatic heterocycles. The quantitative estimate of drug-likeness (QED) is 0.186. The molecule has 3 aromatic rings. The first-order valence-electron chi connectivity index (χ1n) is 15.5. The van der Waals surface area contributed by atoms with E-state index in [-0.39, 0.29) is 19.8 Å². The molecule has 10 N–H and O–H groups in total. The van der Waals surface area contributed by atoms with Gasteiger partial charge < -0.3 is 52.1 Å². The summed E-state index contributed by atoms with van der Waals surface area (Å²) in [6, 6.07) is 17.9. The summed E-state index contributed by atoms with van der Waals surface area (Å²) >= 11 is 0. The Bertz CT molecular complexity index is 1470. The molecule has 1 aliphatic heterocycles. The SMILES string of the molecule is C=Cc1cc(COC2C(N)CC(N)C(OC3OC(CN)C(OCc4ccc5ccccc5c4)C(O)C3N)C2O)ccc1/C=C\C. The molecule has 45 heavy (non-hydrogen) atoms. The van der Waals surface area contributed by atoms with Gasteiger partial charge in [-0.3, -0.25) is 0 Å². The number of aliphatic hydroxyl groups excluding tert-OH is 2. The lowest BCUT2D eigenvalue weighted by atomic mass is 9.84. The Morgan fingerprint density at radius 1 is 0.844 bits per heavy atom. The van der Waals surface area contributed by atoms with E-state index in [9.17, 15) is 10.2 Å². The van der Waals surface area contributed by atoms with Gasteiger partial charge in [-0.25, -0.2) is 0 Å². The number of benzene rings is 3. The Morgan fingerprint density at radius 3 is 2.22 bits per heavy atom. The van der Waals surface area contributed by atoms with Gasteiger partial charge in [-0.1, -0.05) is 73.3 Å². The number of allylic oxidation sites excluding steroid dienone is 1. The second kappa shape index (κ2) is 15.1. The van der Waals surface area contributed by atoms with Crippen LogP contribution < -0.4 is 22.9 Å². The van der Waals surface area contributed by atoms with Crippen LogP contribution in [0.25, 0.3) is 22.9 Å². The summed E-state index contributed by atoms with van der Waals surface area (Å²) in [5, 5.41) is 24.8. The van der Waals surface area contributed by atoms with Crippen molar-refractivity contribution >= 4 is 22.9 Å². The lowest BCUT2D eigenvalue weighted by molar-refractivity contribution is -0.296. The maximum atomic E-state index is 11.4. The molecule has 10 atom stereocenters. The molecule has 10 unspecified atom stereocenters. The minimum Gasteiger partial charge on any atom is -0.388 e. The van der Waals surface area contributed by atoms with Gasteiger partial charge in [-0.05, 0) is 58.5 Å². The Balaban J connectivity index is 1.22. The van der Waals surface area contributed by atoms with E-state index in [0.29, 0.717) is 6.42 Å². The van der Waals surface area contributed by atoms with E-state index in [4.69, 9.17) is 41.9 Å². The molecule has 10 heteroatoms. The third-order valence-corrected chi connectivity index (χ3v) is 8.72. The molecule has 1 aliphatic carbocycles. The summed E-state index contributed by atoms with van der Waals surface area (Å²) in [6.45, 7) is 6.38. The summed E-state index contributed by atoms with van der Waals surface area (Å²) in [7, 11) is 0. The normalized spacial score (nSPS) is 32.2. The maximum Gasteiger partial charge on any atom is 0.176 e. The molecular weight excluding hydrogens is 572 g/mol. The van der Waals surface area contributed by atoms with Crippen molar-refractivity contribution < 1.29 is 29.2 Å². The van der Waals surface area contributed by atoms with Crippen LogP contribution in [0.5, 0.6) is 0 Å². The number of aliphatic hydroxyl groups is 2. The number of ether oxygens (including phenoxy) is 4. The lowest BCUT2D eigenvalue weighted by Gasteiger charge is -2.47. The van der Waals surface area contributed by atoms with Crippen LogP contribution in [0.2, 0.25) is 0 Å². The van der Waals surface area contributed by atoms with Crippen molar-refractivity contribution in [2.75, 3.05) is 6.54 Å². The fraction of sp³-hybridized carbons (Fsp3) is 0.429. The van der Waals surface area contributed by atoms with Crippen LogP contribution in [0.1, 0.15) is 35.6 Å². The van der Waals surface area contributed by atoms with E-state index in [0.717, 1.165) is 33.0 Å². The van der Waals surface area contributed by atoms with Gasteiger partial charge in [0, 0.05) is 18.6 Å². The van der Waals surface area contributed by atoms with E-state index in [1.165, 1.54) is 0 Å². The molecule has 242 valence electrons. The smallest absolute Gasteiger partial charge is 0.176 e. The highest BCUT2D eigenvalue weighted by molar-refractivity contribution is 5.82. The first-order valence-corrected chi connectivity index (χ1v) is 15.5. The summed E-state index contributed by atoms with van der Waals surface area (Å²) in [5.74, 6) is 0. The molecule has 0 amide bonds. The molecule has 3 aromatic carbocycles. The first kappa shape index (κ1) is 33.4. The molecule has 10 nitrogen and oxygen atoms in total. The van der Waals surface area contributed by atoms with E-state index in [1.54, 1.807) is 6.08 Å². The van der Waals surface area contributed by atoms with Crippen molar-refractivity contribution in [2.45, 2.75) is 87.6 Å². The summed E-state index contributed by atoms with van der Waals surface area (Å²) in [6.07, 6.45) is -0.464. The monoisotopic (exact) mass is 618 g/mol. The molecule has 1 heterocycles. The largest absolute Gasteiger partial charge is 0.388 e. The summed E-state index contributed by atoms with van der Waals surface area (Å²) in [5.41, 5.74) is 29.1. The van der Waals surface area contributed by atoms with Gasteiger partial charge in [0.05, 0.1) is 19.3 Å². The zero-order chi connectivity index (χ0) is 32.1. The van der Waals surface area contributed by atoms with E-state index in [1.807, 2.05) is 79.7 Å². The Morgan fingerprint density at radius 2 is 1.51 bits per heavy atom. The van der Waals surface area contributed by atoms with Crippen molar-refractivity contribution in [1.82, 2.24) is 0 Å². The molecule has 0 bridgehead atoms. The number of fused-ring (bicyclic) bond motifs is 1. The van der Waals surface area contributed by atoms with Crippen molar-refractivity contribution in [3.8, 4) is 0 Å². The minimum absolute atomic E-state index is 0.0570. The Hall–Kier alpha value is -3.00. The Kier molecular flexibility index (Phi) is 11.2. The zero-order valence-electron chi connectivity index (χ0n) is 25.7. The molecular formula is C35H46N4O6. The number of rotatable bonds is 11. The van der Waals surface area contributed by atoms with Crippen LogP contribution in [-0.2, 0) is 32.2 Å². The van der Waals surface area contributed by atoms with Crippen LogP contribution in [0.15, 0.2) is 73.3 Å². The van der Waals surface area contributed by atoms with Crippen molar-refractivity contribution in [2.24, 2.45) is 22.9 Å². The number of hydrogen-bond donors (Lipinski definition) is 6. The summed E-state index contributed by atoms with van der Waals surface area (Å²) in [4.78, 5) is 0. The highest BCUT2D eigenvalue weighted by atomic mass is 16.7. The van der Waals surface area contributed by atoms with Gasteiger partial charge in [0.25, 0.3) is 0 Å². The second-order valence-electron chi connectivity index (χ2n) is 11.9. The molecule has 2 aliphatic rings. The highest BCUT2D eigenvalue weighted by Gasteiger charge is 2.49. The third kappa shape index (κ3) is 7.53. The number of hydrogen-bond acceptors (Lipinski definition) is 10. The predicted molar refractivity (Wildman–Crippen MR) is 175 cm³/mol. The fourth-order valence-corrected chi connectivity index (χ4v) is 6.23. The minimum atomic E-state index is -1.17. The van der Waals surface area contributed by atoms with Gasteiger partial charge in [0.1, 0.15) is 36.6 Å². The fourth-order valence-electron chi connectivity index (χ4n) is 6.23. The molecule has 5 rings (SSSR count). The van der Waals surface area contributed by atoms with Crippen LogP contribution in [0, 0.1) is 0 Å². The standard InChI is InChI=1S/C35H46N4O6/c1-3-7-23-12-10-20(14-22(23)4-2)18-42-32-26(37)16-27(38)33(31(32)41)45-35-29(39)30(40)34(28(17-36)44-35)43-19-21-11-13-24-8-5-6-9-25(24)15-21/h3-15,26-35,40-41H,2,16-19,36-39H2,1H3/b7-3-. The molecule has 1 saturated carbocycles. The maximum absolute atomic E-state index is 11.4. The predicted octanol–water partition coefficient (Wildman–Crippen LogP) is 2.16. The molecule has 2 fully saturated rings. The first-order chi connectivity index (χ1) is 21.7. The van der Waals surface area contributed by atoms with Gasteiger partial charge in [-0.15, -0.1) is 0 Å². The van der Waals surface area contributed by atoms with Gasteiger partial charge in [0.15, 0.2) is 6.29 Å². The van der Waals surface area contributed by atoms with Crippen molar-refractivity contribution in [3.63, 3.8) is 0 Å². The van der Waals surface area contributed by atoms with Crippen LogP contribution in [-0.4, -0.2) is 77.8 Å². The van der Waals surface area contributed by atoms with E-state index in [2.05, 4.69) is 6.58 Å². The van der Waals surface area contributed by atoms with Gasteiger partial charge in [0.2, 0.25) is 0 Å². The van der Waals surface area contributed by atoms with Crippen LogP contribution >= 0.6 is 0 Å². The Labute approximate surface area is 264 Å². The van der Waals surface area contributed by atoms with Gasteiger partial charge in [-0.2, -0.15) is 0 Å². The third-order valence-electron chi connectivity index (χ3n) is 8.72. The van der Waals surface area contributed by atoms with Crippen LogP contribution in [0.4, 0.5) is 0 Å². The van der Waals surface area contributed by atoms with Crippen molar-refractivity contribution in [3.05, 3.63) is 95.6 Å². The van der Waals surface area contributed by atoms with E-state index >= 15 is 0 Å². The number of nitrogens with two attached hydrogens (primary N) is 4. The average molecular weight is 619 g/mol.